The number of benzene rings is 1. The summed E-state index contributed by atoms with van der Waals surface area (Å²) in [6, 6.07) is 20.4. The van der Waals surface area contributed by atoms with Gasteiger partial charge in [0.1, 0.15) is 6.61 Å². The molecule has 0 atom stereocenters. The Balaban J connectivity index is 1.63. The third-order valence-corrected chi connectivity index (χ3v) is 3.32. The monoisotopic (exact) mass is 319 g/mol. The van der Waals surface area contributed by atoms with Crippen LogP contribution in [0.25, 0.3) is 11.3 Å². The Morgan fingerprint density at radius 1 is 0.958 bits per heavy atom. The van der Waals surface area contributed by atoms with Gasteiger partial charge in [0.05, 0.1) is 5.69 Å². The molecule has 0 aliphatic heterocycles. The number of aromatic nitrogens is 2. The van der Waals surface area contributed by atoms with Gasteiger partial charge in [-0.25, -0.2) is 9.78 Å². The van der Waals surface area contributed by atoms with Crippen LogP contribution in [0.1, 0.15) is 16.2 Å². The molecular formula is C19H15N2O3. The van der Waals surface area contributed by atoms with E-state index in [9.17, 15) is 4.79 Å². The predicted octanol–water partition coefficient (Wildman–Crippen LogP) is 3.63. The summed E-state index contributed by atoms with van der Waals surface area (Å²) in [4.78, 5) is 19.4. The zero-order valence-electron chi connectivity index (χ0n) is 12.8. The molecule has 0 amide bonds. The molecular weight excluding hydrogens is 304 g/mol. The molecule has 1 aromatic carbocycles. The van der Waals surface area contributed by atoms with Gasteiger partial charge in [-0.3, -0.25) is 4.98 Å². The summed E-state index contributed by atoms with van der Waals surface area (Å²) >= 11 is 0. The largest absolute Gasteiger partial charge is 0.477 e. The predicted molar refractivity (Wildman–Crippen MR) is 89.5 cm³/mol. The number of pyridine rings is 2. The highest BCUT2D eigenvalue weighted by Gasteiger charge is 2.06. The third-order valence-electron chi connectivity index (χ3n) is 3.32. The molecule has 0 saturated heterocycles. The lowest BCUT2D eigenvalue weighted by atomic mass is 10.1. The zero-order chi connectivity index (χ0) is 16.8. The molecule has 3 rings (SSSR count). The minimum Gasteiger partial charge on any atom is -0.477 e. The standard InChI is InChI=1S/C19H15N2O3/c22-19(23)17-10-5-11-18(21-17)24-13-12-15-8-4-9-16(20-15)14-6-2-1-3-7-14/h1-11,13H,12H2,(H,22,23). The molecule has 0 fully saturated rings. The number of hydrogen-bond acceptors (Lipinski definition) is 4. The first-order chi connectivity index (χ1) is 11.7. The summed E-state index contributed by atoms with van der Waals surface area (Å²) in [5.41, 5.74) is 2.75. The van der Waals surface area contributed by atoms with Gasteiger partial charge in [-0.1, -0.05) is 42.5 Å². The summed E-state index contributed by atoms with van der Waals surface area (Å²) in [5.74, 6) is -0.841. The molecule has 2 heterocycles. The summed E-state index contributed by atoms with van der Waals surface area (Å²) < 4.78 is 5.41. The average molecular weight is 319 g/mol. The van der Waals surface area contributed by atoms with Crippen LogP contribution in [0.2, 0.25) is 0 Å². The van der Waals surface area contributed by atoms with Gasteiger partial charge in [0, 0.05) is 23.7 Å². The van der Waals surface area contributed by atoms with Crippen molar-refractivity contribution in [1.82, 2.24) is 9.97 Å². The number of carboxylic acid groups (broad SMARTS) is 1. The van der Waals surface area contributed by atoms with E-state index in [-0.39, 0.29) is 11.6 Å². The molecule has 0 aliphatic carbocycles. The average Bonchev–Trinajstić information content (AvgIpc) is 2.63. The summed E-state index contributed by atoms with van der Waals surface area (Å²) in [6.45, 7) is 1.56. The fraction of sp³-hybridized carbons (Fsp3) is 0.0526. The Bertz CT molecular complexity index is 835. The van der Waals surface area contributed by atoms with Crippen LogP contribution in [0.5, 0.6) is 5.88 Å². The highest BCUT2D eigenvalue weighted by atomic mass is 16.5. The second-order valence-electron chi connectivity index (χ2n) is 5.04. The SMILES string of the molecule is O=C(O)c1cccc(O[CH]Cc2cccc(-c3ccccc3)n2)n1. The Kier molecular flexibility index (Phi) is 4.81. The zero-order valence-corrected chi connectivity index (χ0v) is 12.8. The second kappa shape index (κ2) is 7.37. The molecule has 0 bridgehead atoms. The van der Waals surface area contributed by atoms with Crippen LogP contribution in [0.4, 0.5) is 0 Å². The van der Waals surface area contributed by atoms with Gasteiger partial charge in [-0.15, -0.1) is 0 Å². The van der Waals surface area contributed by atoms with Gasteiger partial charge in [0.15, 0.2) is 5.69 Å². The van der Waals surface area contributed by atoms with E-state index < -0.39 is 5.97 Å². The minimum absolute atomic E-state index is 0.0508. The van der Waals surface area contributed by atoms with Crippen molar-refractivity contribution in [2.75, 3.05) is 0 Å². The van der Waals surface area contributed by atoms with Crippen molar-refractivity contribution in [3.63, 3.8) is 0 Å². The van der Waals surface area contributed by atoms with E-state index in [2.05, 4.69) is 9.97 Å². The van der Waals surface area contributed by atoms with E-state index in [1.165, 1.54) is 6.07 Å². The molecule has 5 heteroatoms. The number of nitrogens with zero attached hydrogens (tertiary/aromatic N) is 2. The molecule has 0 saturated carbocycles. The van der Waals surface area contributed by atoms with Gasteiger partial charge >= 0.3 is 5.97 Å². The van der Waals surface area contributed by atoms with E-state index in [1.54, 1.807) is 18.7 Å². The lowest BCUT2D eigenvalue weighted by Gasteiger charge is -2.06. The van der Waals surface area contributed by atoms with Crippen LogP contribution in [0, 0.1) is 6.61 Å². The van der Waals surface area contributed by atoms with E-state index in [1.807, 2.05) is 48.5 Å². The normalized spacial score (nSPS) is 10.3. The molecule has 1 N–H and O–H groups in total. The quantitative estimate of drug-likeness (QED) is 0.751. The van der Waals surface area contributed by atoms with Crippen LogP contribution >= 0.6 is 0 Å². The molecule has 3 aromatic rings. The number of aromatic carboxylic acids is 1. The van der Waals surface area contributed by atoms with Crippen LogP contribution < -0.4 is 4.74 Å². The Labute approximate surface area is 139 Å². The Hall–Kier alpha value is -3.21. The van der Waals surface area contributed by atoms with Gasteiger partial charge in [0.25, 0.3) is 0 Å². The van der Waals surface area contributed by atoms with Crippen LogP contribution in [0.3, 0.4) is 0 Å². The third kappa shape index (κ3) is 3.95. The first-order valence-electron chi connectivity index (χ1n) is 7.42. The lowest BCUT2D eigenvalue weighted by Crippen LogP contribution is -2.03. The van der Waals surface area contributed by atoms with Crippen molar-refractivity contribution in [3.8, 4) is 17.1 Å². The van der Waals surface area contributed by atoms with Crippen LogP contribution in [-0.4, -0.2) is 21.0 Å². The number of rotatable bonds is 6. The van der Waals surface area contributed by atoms with Gasteiger partial charge in [0.2, 0.25) is 5.88 Å². The van der Waals surface area contributed by atoms with E-state index in [0.717, 1.165) is 17.0 Å². The van der Waals surface area contributed by atoms with Gasteiger partial charge < -0.3 is 9.84 Å². The smallest absolute Gasteiger partial charge is 0.354 e. The van der Waals surface area contributed by atoms with Crippen molar-refractivity contribution in [3.05, 3.63) is 84.7 Å². The van der Waals surface area contributed by atoms with Gasteiger partial charge in [-0.05, 0) is 18.2 Å². The maximum atomic E-state index is 10.9. The molecule has 2 aromatic heterocycles. The fourth-order valence-corrected chi connectivity index (χ4v) is 2.17. The van der Waals surface area contributed by atoms with Crippen molar-refractivity contribution >= 4 is 5.97 Å². The molecule has 0 spiro atoms. The maximum absolute atomic E-state index is 10.9. The second-order valence-corrected chi connectivity index (χ2v) is 5.04. The Morgan fingerprint density at radius 2 is 1.75 bits per heavy atom. The van der Waals surface area contributed by atoms with Gasteiger partial charge in [-0.2, -0.15) is 0 Å². The summed E-state index contributed by atoms with van der Waals surface area (Å²) in [6.07, 6.45) is 0.486. The van der Waals surface area contributed by atoms with Crippen molar-refractivity contribution in [2.24, 2.45) is 0 Å². The van der Waals surface area contributed by atoms with E-state index in [0.29, 0.717) is 6.42 Å². The van der Waals surface area contributed by atoms with E-state index >= 15 is 0 Å². The van der Waals surface area contributed by atoms with Crippen molar-refractivity contribution in [2.45, 2.75) is 6.42 Å². The highest BCUT2D eigenvalue weighted by Crippen LogP contribution is 2.17. The number of carboxylic acids is 1. The van der Waals surface area contributed by atoms with Crippen molar-refractivity contribution in [1.29, 1.82) is 0 Å². The van der Waals surface area contributed by atoms with Crippen LogP contribution in [0.15, 0.2) is 66.7 Å². The summed E-state index contributed by atoms with van der Waals surface area (Å²) in [7, 11) is 0. The maximum Gasteiger partial charge on any atom is 0.354 e. The number of carbonyl (C=O) groups is 1. The first-order valence-corrected chi connectivity index (χ1v) is 7.42. The number of hydrogen-bond donors (Lipinski definition) is 1. The Morgan fingerprint density at radius 3 is 2.54 bits per heavy atom. The molecule has 0 unspecified atom stereocenters. The van der Waals surface area contributed by atoms with Crippen LogP contribution in [-0.2, 0) is 6.42 Å². The molecule has 0 aliphatic rings. The highest BCUT2D eigenvalue weighted by molar-refractivity contribution is 5.85. The number of ether oxygens (including phenoxy) is 1. The summed E-state index contributed by atoms with van der Waals surface area (Å²) in [5, 5.41) is 8.91. The molecule has 5 nitrogen and oxygen atoms in total. The molecule has 24 heavy (non-hydrogen) atoms. The van der Waals surface area contributed by atoms with E-state index in [4.69, 9.17) is 9.84 Å². The molecule has 1 radical (unpaired) electrons. The lowest BCUT2D eigenvalue weighted by molar-refractivity contribution is 0.0689. The first kappa shape index (κ1) is 15.7. The topological polar surface area (TPSA) is 72.3 Å². The molecule has 119 valence electrons. The fourth-order valence-electron chi connectivity index (χ4n) is 2.17. The van der Waals surface area contributed by atoms with Crippen molar-refractivity contribution < 1.29 is 14.6 Å². The minimum atomic E-state index is -1.09.